The first-order chi connectivity index (χ1) is 7.83. The van der Waals surface area contributed by atoms with Crippen LogP contribution in [0.1, 0.15) is 43.7 Å². The molecular formula is C14H22N2. The second-order valence-electron chi connectivity index (χ2n) is 4.83. The molecule has 88 valence electrons. The van der Waals surface area contributed by atoms with Crippen LogP contribution in [0.3, 0.4) is 0 Å². The molecule has 0 saturated heterocycles. The summed E-state index contributed by atoms with van der Waals surface area (Å²) in [5.74, 6) is 6.38. The lowest BCUT2D eigenvalue weighted by Gasteiger charge is -2.20. The lowest BCUT2D eigenvalue weighted by Crippen LogP contribution is -2.10. The predicted molar refractivity (Wildman–Crippen MR) is 69.3 cm³/mol. The Morgan fingerprint density at radius 3 is 2.88 bits per heavy atom. The number of anilines is 1. The molecule has 1 unspecified atom stereocenters. The summed E-state index contributed by atoms with van der Waals surface area (Å²) < 4.78 is 0. The normalized spacial score (nSPS) is 20.8. The van der Waals surface area contributed by atoms with E-state index in [1.54, 1.807) is 0 Å². The van der Waals surface area contributed by atoms with Crippen molar-refractivity contribution < 1.29 is 0 Å². The number of nitrogen functional groups attached to an aromatic ring is 1. The van der Waals surface area contributed by atoms with Gasteiger partial charge in [-0.25, -0.2) is 0 Å². The summed E-state index contributed by atoms with van der Waals surface area (Å²) in [4.78, 5) is 0. The van der Waals surface area contributed by atoms with E-state index in [9.17, 15) is 0 Å². The minimum atomic E-state index is 0.919. The van der Waals surface area contributed by atoms with Crippen LogP contribution in [0.5, 0.6) is 0 Å². The third-order valence-corrected chi connectivity index (χ3v) is 3.83. The Balaban J connectivity index is 2.18. The van der Waals surface area contributed by atoms with Crippen LogP contribution in [0.2, 0.25) is 0 Å². The van der Waals surface area contributed by atoms with E-state index in [2.05, 4.69) is 30.5 Å². The Morgan fingerprint density at radius 2 is 2.12 bits per heavy atom. The molecule has 1 aromatic rings. The fourth-order valence-electron chi connectivity index (χ4n) is 2.69. The van der Waals surface area contributed by atoms with E-state index in [1.807, 2.05) is 0 Å². The summed E-state index contributed by atoms with van der Waals surface area (Å²) in [5, 5.41) is 0. The molecule has 2 heteroatoms. The van der Waals surface area contributed by atoms with Crippen molar-refractivity contribution >= 4 is 5.69 Å². The molecule has 1 aliphatic carbocycles. The van der Waals surface area contributed by atoms with E-state index in [0.717, 1.165) is 11.6 Å². The topological polar surface area (TPSA) is 38.0 Å². The average molecular weight is 218 g/mol. The molecule has 0 saturated carbocycles. The van der Waals surface area contributed by atoms with E-state index in [4.69, 9.17) is 5.84 Å². The van der Waals surface area contributed by atoms with Gasteiger partial charge in [-0.2, -0.15) is 0 Å². The molecule has 0 radical (unpaired) electrons. The minimum Gasteiger partial charge on any atom is -0.324 e. The second kappa shape index (κ2) is 5.35. The highest BCUT2D eigenvalue weighted by molar-refractivity contribution is 5.48. The van der Waals surface area contributed by atoms with Crippen molar-refractivity contribution in [3.63, 3.8) is 0 Å². The molecule has 0 aliphatic heterocycles. The Morgan fingerprint density at radius 1 is 1.25 bits per heavy atom. The van der Waals surface area contributed by atoms with Crippen LogP contribution in [-0.2, 0) is 12.8 Å². The lowest BCUT2D eigenvalue weighted by molar-refractivity contribution is 0.415. The monoisotopic (exact) mass is 218 g/mol. The molecule has 0 spiro atoms. The highest BCUT2D eigenvalue weighted by Gasteiger charge is 2.13. The maximum absolute atomic E-state index is 5.46. The van der Waals surface area contributed by atoms with Gasteiger partial charge in [-0.3, -0.25) is 5.84 Å². The Kier molecular flexibility index (Phi) is 3.83. The summed E-state index contributed by atoms with van der Waals surface area (Å²) in [5.41, 5.74) is 6.79. The standard InChI is InChI=1S/C14H22N2/c1-2-11-4-3-5-12-8-9-14(16-15)10-13(12)7-6-11/h8-11,16H,2-7,15H2,1H3. The quantitative estimate of drug-likeness (QED) is 0.590. The largest absolute Gasteiger partial charge is 0.324 e. The number of hydrogen-bond acceptors (Lipinski definition) is 2. The van der Waals surface area contributed by atoms with E-state index in [-0.39, 0.29) is 0 Å². The molecule has 2 nitrogen and oxygen atoms in total. The molecule has 3 N–H and O–H groups in total. The van der Waals surface area contributed by atoms with Gasteiger partial charge in [-0.05, 0) is 54.9 Å². The third-order valence-electron chi connectivity index (χ3n) is 3.83. The summed E-state index contributed by atoms with van der Waals surface area (Å²) in [6.07, 6.45) is 7.83. The number of hydrogen-bond donors (Lipinski definition) is 2. The van der Waals surface area contributed by atoms with Crippen molar-refractivity contribution in [2.45, 2.75) is 45.4 Å². The van der Waals surface area contributed by atoms with Gasteiger partial charge in [0.1, 0.15) is 0 Å². The number of rotatable bonds is 2. The van der Waals surface area contributed by atoms with Gasteiger partial charge >= 0.3 is 0 Å². The zero-order valence-corrected chi connectivity index (χ0v) is 10.1. The van der Waals surface area contributed by atoms with E-state index >= 15 is 0 Å². The first kappa shape index (κ1) is 11.5. The summed E-state index contributed by atoms with van der Waals surface area (Å²) in [7, 11) is 0. The van der Waals surface area contributed by atoms with Crippen molar-refractivity contribution in [1.29, 1.82) is 0 Å². The number of fused-ring (bicyclic) bond motifs is 1. The van der Waals surface area contributed by atoms with Gasteiger partial charge in [0.05, 0.1) is 0 Å². The molecule has 1 aliphatic rings. The zero-order chi connectivity index (χ0) is 11.4. The van der Waals surface area contributed by atoms with E-state index in [1.165, 1.54) is 49.7 Å². The van der Waals surface area contributed by atoms with E-state index < -0.39 is 0 Å². The van der Waals surface area contributed by atoms with Crippen molar-refractivity contribution in [3.8, 4) is 0 Å². The van der Waals surface area contributed by atoms with Crippen LogP contribution >= 0.6 is 0 Å². The SMILES string of the molecule is CCC1CCCc2ccc(NN)cc2CC1. The fourth-order valence-corrected chi connectivity index (χ4v) is 2.69. The third kappa shape index (κ3) is 2.56. The highest BCUT2D eigenvalue weighted by atomic mass is 15.2. The number of nitrogens with two attached hydrogens (primary N) is 1. The van der Waals surface area contributed by atoms with Crippen molar-refractivity contribution in [2.24, 2.45) is 11.8 Å². The Bertz CT molecular complexity index is 347. The molecule has 0 fully saturated rings. The van der Waals surface area contributed by atoms with Gasteiger partial charge in [0.15, 0.2) is 0 Å². The molecule has 16 heavy (non-hydrogen) atoms. The smallest absolute Gasteiger partial charge is 0.0488 e. The van der Waals surface area contributed by atoms with Crippen LogP contribution in [0, 0.1) is 5.92 Å². The molecule has 0 bridgehead atoms. The fraction of sp³-hybridized carbons (Fsp3) is 0.571. The first-order valence-corrected chi connectivity index (χ1v) is 6.42. The minimum absolute atomic E-state index is 0.919. The zero-order valence-electron chi connectivity index (χ0n) is 10.1. The van der Waals surface area contributed by atoms with Crippen LogP contribution in [-0.4, -0.2) is 0 Å². The van der Waals surface area contributed by atoms with Crippen LogP contribution in [0.25, 0.3) is 0 Å². The molecule has 2 rings (SSSR count). The molecule has 1 aromatic carbocycles. The van der Waals surface area contributed by atoms with Gasteiger partial charge in [0.25, 0.3) is 0 Å². The highest BCUT2D eigenvalue weighted by Crippen LogP contribution is 2.27. The molecular weight excluding hydrogens is 196 g/mol. The maximum Gasteiger partial charge on any atom is 0.0488 e. The molecule has 1 atom stereocenters. The van der Waals surface area contributed by atoms with Crippen LogP contribution in [0.15, 0.2) is 18.2 Å². The lowest BCUT2D eigenvalue weighted by atomic mass is 9.86. The van der Waals surface area contributed by atoms with E-state index in [0.29, 0.717) is 0 Å². The summed E-state index contributed by atoms with van der Waals surface area (Å²) in [6.45, 7) is 2.31. The van der Waals surface area contributed by atoms with Crippen LogP contribution < -0.4 is 11.3 Å². The predicted octanol–water partition coefficient (Wildman–Crippen LogP) is 3.27. The molecule has 0 amide bonds. The Hall–Kier alpha value is -1.02. The van der Waals surface area contributed by atoms with Crippen LogP contribution in [0.4, 0.5) is 5.69 Å². The maximum atomic E-state index is 5.46. The van der Waals surface area contributed by atoms with Crippen molar-refractivity contribution in [2.75, 3.05) is 5.43 Å². The first-order valence-electron chi connectivity index (χ1n) is 6.42. The van der Waals surface area contributed by atoms with Crippen molar-refractivity contribution in [1.82, 2.24) is 0 Å². The Labute approximate surface area is 98.2 Å². The van der Waals surface area contributed by atoms with Gasteiger partial charge in [-0.15, -0.1) is 0 Å². The summed E-state index contributed by atoms with van der Waals surface area (Å²) in [6, 6.07) is 6.53. The van der Waals surface area contributed by atoms with Gasteiger partial charge < -0.3 is 5.43 Å². The van der Waals surface area contributed by atoms with Gasteiger partial charge in [-0.1, -0.05) is 25.8 Å². The number of hydrazine groups is 1. The second-order valence-corrected chi connectivity index (χ2v) is 4.83. The van der Waals surface area contributed by atoms with Gasteiger partial charge in [0, 0.05) is 5.69 Å². The number of nitrogens with one attached hydrogen (secondary N) is 1. The van der Waals surface area contributed by atoms with Crippen molar-refractivity contribution in [3.05, 3.63) is 29.3 Å². The molecule has 0 heterocycles. The summed E-state index contributed by atoms with van der Waals surface area (Å²) >= 11 is 0. The number of benzene rings is 1. The average Bonchev–Trinajstić information content (AvgIpc) is 2.30. The number of aryl methyl sites for hydroxylation is 2. The van der Waals surface area contributed by atoms with Gasteiger partial charge in [0.2, 0.25) is 0 Å². The molecule has 0 aromatic heterocycles.